The van der Waals surface area contributed by atoms with Crippen molar-refractivity contribution >= 4 is 29.4 Å². The van der Waals surface area contributed by atoms with Gasteiger partial charge in [0.25, 0.3) is 5.91 Å². The first-order valence-corrected chi connectivity index (χ1v) is 18.2. The molecule has 1 spiro atoms. The third-order valence-corrected chi connectivity index (χ3v) is 10.8. The summed E-state index contributed by atoms with van der Waals surface area (Å²) >= 11 is 0. The van der Waals surface area contributed by atoms with Gasteiger partial charge in [0.15, 0.2) is 0 Å². The number of nitrogens with zero attached hydrogens (tertiary/aromatic N) is 2. The Balaban J connectivity index is 1.55. The van der Waals surface area contributed by atoms with Gasteiger partial charge in [-0.1, -0.05) is 74.5 Å². The second kappa shape index (κ2) is 16.6. The van der Waals surface area contributed by atoms with E-state index < -0.39 is 59.6 Å². The van der Waals surface area contributed by atoms with Gasteiger partial charge in [-0.2, -0.15) is 0 Å². The van der Waals surface area contributed by atoms with E-state index >= 15 is 4.79 Å². The third kappa shape index (κ3) is 7.18. The lowest BCUT2D eigenvalue weighted by atomic mass is 9.70. The predicted octanol–water partition coefficient (Wildman–Crippen LogP) is 4.60. The highest BCUT2D eigenvalue weighted by Crippen LogP contribution is 2.59. The molecule has 0 aromatic heterocycles. The number of nitrogens with one attached hydrogen (secondary N) is 1. The first-order valence-electron chi connectivity index (χ1n) is 18.2. The molecule has 0 saturated carbocycles. The maximum Gasteiger partial charge on any atom is 0.313 e. The van der Waals surface area contributed by atoms with Gasteiger partial charge < -0.3 is 34.4 Å². The van der Waals surface area contributed by atoms with Crippen molar-refractivity contribution in [3.8, 4) is 0 Å². The number of anilines is 1. The van der Waals surface area contributed by atoms with E-state index in [4.69, 9.17) is 14.2 Å². The predicted molar refractivity (Wildman–Crippen MR) is 197 cm³/mol. The molecular weight excluding hydrogens is 662 g/mol. The molecule has 2 aromatic rings. The van der Waals surface area contributed by atoms with Crippen LogP contribution in [-0.4, -0.2) is 90.4 Å². The van der Waals surface area contributed by atoms with E-state index in [0.29, 0.717) is 24.8 Å². The number of hydrogen-bond acceptors (Lipinski definition) is 8. The number of ether oxygens (including phenoxy) is 3. The van der Waals surface area contributed by atoms with Crippen LogP contribution in [0.15, 0.2) is 73.8 Å². The number of aliphatic hydroxyl groups is 1. The van der Waals surface area contributed by atoms with Gasteiger partial charge in [-0.05, 0) is 55.7 Å². The van der Waals surface area contributed by atoms with Gasteiger partial charge >= 0.3 is 5.97 Å². The fourth-order valence-corrected chi connectivity index (χ4v) is 8.54. The Morgan fingerprint density at radius 2 is 1.79 bits per heavy atom. The quantitative estimate of drug-likeness (QED) is 0.180. The molecule has 2 N–H and O–H groups in total. The van der Waals surface area contributed by atoms with Crippen LogP contribution in [-0.2, 0) is 33.4 Å². The summed E-state index contributed by atoms with van der Waals surface area (Å²) in [4.78, 5) is 60.6. The Morgan fingerprint density at radius 1 is 1.10 bits per heavy atom. The van der Waals surface area contributed by atoms with E-state index in [0.717, 1.165) is 16.8 Å². The fraction of sp³-hybridized carbons (Fsp3) is 0.512. The maximum atomic E-state index is 15.1. The normalized spacial score (nSPS) is 25.0. The molecule has 0 aliphatic carbocycles. The number of aliphatic hydroxyl groups excluding tert-OH is 1. The molecule has 280 valence electrons. The molecule has 0 unspecified atom stereocenters. The van der Waals surface area contributed by atoms with E-state index in [9.17, 15) is 19.5 Å². The summed E-state index contributed by atoms with van der Waals surface area (Å²) in [5, 5.41) is 13.7. The average molecular weight is 716 g/mol. The van der Waals surface area contributed by atoms with Gasteiger partial charge in [0.05, 0.1) is 43.2 Å². The number of fused-ring (bicyclic) bond motifs is 1. The van der Waals surface area contributed by atoms with Crippen LogP contribution >= 0.6 is 0 Å². The lowest BCUT2D eigenvalue weighted by Gasteiger charge is -2.41. The second-order valence-electron chi connectivity index (χ2n) is 14.5. The molecule has 5 rings (SSSR count). The summed E-state index contributed by atoms with van der Waals surface area (Å²) in [7, 11) is 1.50. The standard InChI is InChI=1S/C41H53N3O8/c1-8-10-19-32(46)42-29(24-50-7)36(28-17-12-11-13-18-28)51-40(49)33-31-20-21-41(52-31)34(33)38(47)44(30(23-45)25(3)4)37(41)39(48)43(22-9-2)35-26(5)15-14-16-27(35)6/h8-9,11-18,25,29-31,33-34,36-37,45H,1-2,10,19-24H2,3-7H3,(H,42,46)/t29-,30-,31-,33+,34+,36-,37-,41+/m0/s1. The van der Waals surface area contributed by atoms with E-state index in [2.05, 4.69) is 18.5 Å². The summed E-state index contributed by atoms with van der Waals surface area (Å²) in [6.45, 7) is 15.1. The zero-order chi connectivity index (χ0) is 37.7. The number of allylic oxidation sites excluding steroid dienone is 1. The van der Waals surface area contributed by atoms with Crippen molar-refractivity contribution in [2.75, 3.05) is 31.8 Å². The number of carbonyl (C=O) groups excluding carboxylic acids is 4. The van der Waals surface area contributed by atoms with Crippen LogP contribution in [0.4, 0.5) is 5.69 Å². The zero-order valence-corrected chi connectivity index (χ0v) is 31.0. The van der Waals surface area contributed by atoms with Crippen molar-refractivity contribution in [1.82, 2.24) is 10.2 Å². The van der Waals surface area contributed by atoms with E-state index in [1.54, 1.807) is 17.1 Å². The Labute approximate surface area is 307 Å². The van der Waals surface area contributed by atoms with Gasteiger partial charge in [-0.3, -0.25) is 19.2 Å². The summed E-state index contributed by atoms with van der Waals surface area (Å²) in [5.41, 5.74) is 1.80. The Bertz CT molecular complexity index is 1630. The molecule has 2 aromatic carbocycles. The van der Waals surface area contributed by atoms with Crippen molar-refractivity contribution in [3.05, 3.63) is 90.5 Å². The molecule has 11 nitrogen and oxygen atoms in total. The van der Waals surface area contributed by atoms with Gasteiger partial charge in [0.1, 0.15) is 17.7 Å². The molecule has 3 aliphatic rings. The number of aryl methyl sites for hydroxylation is 2. The SMILES string of the molecule is C=CCCC(=O)N[C@@H](COC)[C@@H](OC(=O)[C@@H]1[C@@H]2CC[C@]3(O2)[C@H](C(=O)N(CC=C)c2c(C)cccc2C)N([C@@H](CO)C(C)C)C(=O)[C@@H]13)c1ccccc1. The van der Waals surface area contributed by atoms with E-state index in [1.807, 2.05) is 76.2 Å². The van der Waals surface area contributed by atoms with Crippen LogP contribution in [0.25, 0.3) is 0 Å². The minimum atomic E-state index is -1.33. The lowest BCUT2D eigenvalue weighted by Crippen LogP contribution is -2.60. The number of hydrogen-bond donors (Lipinski definition) is 2. The van der Waals surface area contributed by atoms with Crippen LogP contribution in [0.5, 0.6) is 0 Å². The third-order valence-electron chi connectivity index (χ3n) is 10.8. The smallest absolute Gasteiger partial charge is 0.313 e. The highest BCUT2D eigenvalue weighted by atomic mass is 16.6. The highest BCUT2D eigenvalue weighted by Gasteiger charge is 2.76. The molecular formula is C41H53N3O8. The molecule has 3 heterocycles. The monoisotopic (exact) mass is 715 g/mol. The summed E-state index contributed by atoms with van der Waals surface area (Å²) in [5.74, 6) is -3.94. The number of para-hydroxylation sites is 1. The van der Waals surface area contributed by atoms with E-state index in [1.165, 1.54) is 12.0 Å². The fourth-order valence-electron chi connectivity index (χ4n) is 8.54. The molecule has 8 atom stereocenters. The van der Waals surface area contributed by atoms with E-state index in [-0.39, 0.29) is 43.9 Å². The average Bonchev–Trinajstić information content (AvgIpc) is 3.77. The number of esters is 1. The second-order valence-corrected chi connectivity index (χ2v) is 14.5. The number of rotatable bonds is 17. The maximum absolute atomic E-state index is 15.1. The zero-order valence-electron chi connectivity index (χ0n) is 31.0. The number of benzene rings is 2. The van der Waals surface area contributed by atoms with Crippen LogP contribution in [0.1, 0.15) is 62.3 Å². The number of carbonyl (C=O) groups is 4. The van der Waals surface area contributed by atoms with Gasteiger partial charge in [0, 0.05) is 25.8 Å². The Kier molecular flexibility index (Phi) is 12.4. The minimum Gasteiger partial charge on any atom is -0.455 e. The first-order chi connectivity index (χ1) is 24.9. The van der Waals surface area contributed by atoms with Crippen molar-refractivity contribution in [2.24, 2.45) is 17.8 Å². The molecule has 52 heavy (non-hydrogen) atoms. The van der Waals surface area contributed by atoms with Crippen molar-refractivity contribution < 1.29 is 38.5 Å². The molecule has 11 heteroatoms. The summed E-state index contributed by atoms with van der Waals surface area (Å²) in [6, 6.07) is 12.3. The van der Waals surface area contributed by atoms with Crippen LogP contribution < -0.4 is 10.2 Å². The van der Waals surface area contributed by atoms with Gasteiger partial charge in [-0.15, -0.1) is 13.2 Å². The van der Waals surface area contributed by atoms with Gasteiger partial charge in [-0.25, -0.2) is 0 Å². The van der Waals surface area contributed by atoms with Crippen LogP contribution in [0.3, 0.4) is 0 Å². The summed E-state index contributed by atoms with van der Waals surface area (Å²) in [6.07, 6.45) is 3.18. The molecule has 3 amide bonds. The van der Waals surface area contributed by atoms with Crippen LogP contribution in [0.2, 0.25) is 0 Å². The molecule has 3 fully saturated rings. The van der Waals surface area contributed by atoms with Crippen molar-refractivity contribution in [2.45, 2.75) is 89.3 Å². The minimum absolute atomic E-state index is 0.0535. The number of amides is 3. The molecule has 3 saturated heterocycles. The lowest BCUT2D eigenvalue weighted by molar-refractivity contribution is -0.163. The topological polar surface area (TPSA) is 135 Å². The molecule has 2 bridgehead atoms. The largest absolute Gasteiger partial charge is 0.455 e. The van der Waals surface area contributed by atoms with Crippen molar-refractivity contribution in [1.29, 1.82) is 0 Å². The Morgan fingerprint density at radius 3 is 2.38 bits per heavy atom. The molecule has 3 aliphatic heterocycles. The van der Waals surface area contributed by atoms with Crippen LogP contribution in [0, 0.1) is 31.6 Å². The molecule has 0 radical (unpaired) electrons. The van der Waals surface area contributed by atoms with Gasteiger partial charge in [0.2, 0.25) is 11.8 Å². The van der Waals surface area contributed by atoms with Crippen molar-refractivity contribution in [3.63, 3.8) is 0 Å². The first kappa shape index (κ1) is 38.9. The summed E-state index contributed by atoms with van der Waals surface area (Å²) < 4.78 is 18.5. The number of methoxy groups -OCH3 is 1. The highest BCUT2D eigenvalue weighted by molar-refractivity contribution is 6.05. The number of likely N-dealkylation sites (tertiary alicyclic amines) is 1. The Hall–Kier alpha value is -4.32.